The first-order chi connectivity index (χ1) is 7.57. The average Bonchev–Trinajstić information content (AvgIpc) is 2.25. The van der Waals surface area contributed by atoms with Crippen molar-refractivity contribution in [1.82, 2.24) is 0 Å². The van der Waals surface area contributed by atoms with Crippen LogP contribution < -0.4 is 5.73 Å². The molecule has 3 N–H and O–H groups in total. The summed E-state index contributed by atoms with van der Waals surface area (Å²) >= 11 is 3.25. The van der Waals surface area contributed by atoms with Crippen LogP contribution in [0.2, 0.25) is 0 Å². The van der Waals surface area contributed by atoms with E-state index in [1.54, 1.807) is 12.1 Å². The fraction of sp³-hybridized carbons (Fsp3) is 0.500. The van der Waals surface area contributed by atoms with Gasteiger partial charge >= 0.3 is 0 Å². The third-order valence-corrected chi connectivity index (χ3v) is 3.29. The van der Waals surface area contributed by atoms with Crippen LogP contribution >= 0.6 is 15.9 Å². The predicted octanol–water partition coefficient (Wildman–Crippen LogP) is 3.14. The van der Waals surface area contributed by atoms with Gasteiger partial charge in [-0.25, -0.2) is 4.39 Å². The lowest BCUT2D eigenvalue weighted by Gasteiger charge is -2.20. The molecule has 0 aliphatic carbocycles. The molecule has 90 valence electrons. The van der Waals surface area contributed by atoms with E-state index in [-0.39, 0.29) is 5.82 Å². The molecule has 0 saturated carbocycles. The minimum Gasteiger partial charge on any atom is -0.391 e. The van der Waals surface area contributed by atoms with E-state index in [4.69, 9.17) is 5.73 Å². The molecule has 0 radical (unpaired) electrons. The minimum absolute atomic E-state index is 0.353. The summed E-state index contributed by atoms with van der Waals surface area (Å²) in [6.45, 7) is 2.04. The Morgan fingerprint density at radius 1 is 1.50 bits per heavy atom. The van der Waals surface area contributed by atoms with Crippen LogP contribution in [0.3, 0.4) is 0 Å². The summed E-state index contributed by atoms with van der Waals surface area (Å²) in [6.07, 6.45) is 1.77. The Morgan fingerprint density at radius 2 is 2.19 bits per heavy atom. The first-order valence-electron chi connectivity index (χ1n) is 5.45. The number of hydrogen-bond acceptors (Lipinski definition) is 2. The van der Waals surface area contributed by atoms with E-state index >= 15 is 0 Å². The van der Waals surface area contributed by atoms with Gasteiger partial charge in [0.2, 0.25) is 0 Å². The zero-order chi connectivity index (χ0) is 12.1. The van der Waals surface area contributed by atoms with Gasteiger partial charge in [-0.1, -0.05) is 41.8 Å². The molecule has 1 rings (SSSR count). The fourth-order valence-corrected chi connectivity index (χ4v) is 2.22. The van der Waals surface area contributed by atoms with E-state index in [0.29, 0.717) is 16.5 Å². The summed E-state index contributed by atoms with van der Waals surface area (Å²) in [6, 6.07) is 4.01. The van der Waals surface area contributed by atoms with E-state index in [2.05, 4.69) is 15.9 Å². The molecule has 0 saturated heterocycles. The number of aliphatic hydroxyl groups is 1. The number of rotatable bonds is 5. The van der Waals surface area contributed by atoms with Gasteiger partial charge in [0.15, 0.2) is 0 Å². The van der Waals surface area contributed by atoms with E-state index in [1.807, 2.05) is 6.92 Å². The number of hydrogen-bond donors (Lipinski definition) is 2. The molecule has 0 aliphatic heterocycles. The number of halogens is 2. The van der Waals surface area contributed by atoms with Crippen molar-refractivity contribution in [2.45, 2.75) is 38.3 Å². The number of aliphatic hydroxyl groups excluding tert-OH is 1. The van der Waals surface area contributed by atoms with Gasteiger partial charge < -0.3 is 10.8 Å². The van der Waals surface area contributed by atoms with E-state index in [1.165, 1.54) is 6.07 Å². The maximum absolute atomic E-state index is 13.6. The Morgan fingerprint density at radius 3 is 2.75 bits per heavy atom. The first-order valence-corrected chi connectivity index (χ1v) is 6.24. The van der Waals surface area contributed by atoms with Crippen molar-refractivity contribution in [2.75, 3.05) is 0 Å². The average molecular weight is 290 g/mol. The molecule has 2 atom stereocenters. The molecule has 0 heterocycles. The number of benzene rings is 1. The molecular weight excluding hydrogens is 273 g/mol. The lowest BCUT2D eigenvalue weighted by atomic mass is 9.98. The maximum atomic E-state index is 13.6. The summed E-state index contributed by atoms with van der Waals surface area (Å²) in [4.78, 5) is 0. The van der Waals surface area contributed by atoms with Crippen molar-refractivity contribution >= 4 is 15.9 Å². The van der Waals surface area contributed by atoms with Gasteiger partial charge in [-0.3, -0.25) is 0 Å². The highest BCUT2D eigenvalue weighted by atomic mass is 79.9. The molecule has 2 nitrogen and oxygen atoms in total. The molecule has 0 bridgehead atoms. The molecule has 0 spiro atoms. The van der Waals surface area contributed by atoms with Crippen LogP contribution in [0.15, 0.2) is 22.7 Å². The highest BCUT2D eigenvalue weighted by Gasteiger charge is 2.21. The lowest BCUT2D eigenvalue weighted by Crippen LogP contribution is -2.27. The smallest absolute Gasteiger partial charge is 0.129 e. The second-order valence-electron chi connectivity index (χ2n) is 3.87. The van der Waals surface area contributed by atoms with Gasteiger partial charge in [0.05, 0.1) is 12.1 Å². The van der Waals surface area contributed by atoms with Gasteiger partial charge in [-0.15, -0.1) is 0 Å². The Balaban J connectivity index is 2.82. The van der Waals surface area contributed by atoms with Crippen molar-refractivity contribution in [1.29, 1.82) is 0 Å². The maximum Gasteiger partial charge on any atom is 0.129 e. The lowest BCUT2D eigenvalue weighted by molar-refractivity contribution is 0.130. The Hall–Kier alpha value is -0.450. The standard InChI is InChI=1S/C12H17BrFNO/c1-2-3-7-10(16)12(15)11-8(13)5-4-6-9(11)14/h4-6,10,12,16H,2-3,7,15H2,1H3/t10-,12-/m1/s1. The highest BCUT2D eigenvalue weighted by Crippen LogP contribution is 2.28. The summed E-state index contributed by atoms with van der Waals surface area (Å²) in [7, 11) is 0. The quantitative estimate of drug-likeness (QED) is 0.875. The minimum atomic E-state index is -0.701. The Kier molecular flexibility index (Phi) is 5.38. The molecular formula is C12H17BrFNO. The summed E-state index contributed by atoms with van der Waals surface area (Å²) < 4.78 is 14.2. The molecule has 4 heteroatoms. The summed E-state index contributed by atoms with van der Waals surface area (Å²) in [5.74, 6) is -0.377. The van der Waals surface area contributed by atoms with Gasteiger partial charge in [0.25, 0.3) is 0 Å². The summed E-state index contributed by atoms with van der Waals surface area (Å²) in [5.41, 5.74) is 6.21. The van der Waals surface area contributed by atoms with Gasteiger partial charge in [0, 0.05) is 10.0 Å². The predicted molar refractivity (Wildman–Crippen MR) is 66.6 cm³/mol. The third-order valence-electron chi connectivity index (χ3n) is 2.60. The van der Waals surface area contributed by atoms with Gasteiger partial charge in [0.1, 0.15) is 5.82 Å². The van der Waals surface area contributed by atoms with E-state index in [9.17, 15) is 9.50 Å². The zero-order valence-corrected chi connectivity index (χ0v) is 10.9. The Bertz CT molecular complexity index is 326. The molecule has 1 aromatic rings. The number of nitrogens with two attached hydrogens (primary N) is 1. The van der Waals surface area contributed by atoms with Crippen molar-refractivity contribution in [2.24, 2.45) is 5.73 Å². The van der Waals surface area contributed by atoms with Crippen LogP contribution in [0.5, 0.6) is 0 Å². The van der Waals surface area contributed by atoms with Crippen LogP contribution in [0.1, 0.15) is 37.8 Å². The van der Waals surface area contributed by atoms with Crippen LogP contribution in [-0.4, -0.2) is 11.2 Å². The topological polar surface area (TPSA) is 46.2 Å². The SMILES string of the molecule is CCCC[C@@H](O)[C@@H](N)c1c(F)cccc1Br. The molecule has 0 aliphatic rings. The molecule has 0 amide bonds. The van der Waals surface area contributed by atoms with Gasteiger partial charge in [-0.2, -0.15) is 0 Å². The number of unbranched alkanes of at least 4 members (excludes halogenated alkanes) is 1. The van der Waals surface area contributed by atoms with Crippen LogP contribution in [0.25, 0.3) is 0 Å². The highest BCUT2D eigenvalue weighted by molar-refractivity contribution is 9.10. The second-order valence-corrected chi connectivity index (χ2v) is 4.73. The van der Waals surface area contributed by atoms with Crippen molar-refractivity contribution < 1.29 is 9.50 Å². The van der Waals surface area contributed by atoms with E-state index < -0.39 is 12.1 Å². The van der Waals surface area contributed by atoms with E-state index in [0.717, 1.165) is 12.8 Å². The van der Waals surface area contributed by atoms with Crippen molar-refractivity contribution in [3.8, 4) is 0 Å². The molecule has 16 heavy (non-hydrogen) atoms. The Labute approximate surface area is 104 Å². The molecule has 1 aromatic carbocycles. The normalized spacial score (nSPS) is 14.8. The van der Waals surface area contributed by atoms with Crippen molar-refractivity contribution in [3.05, 3.63) is 34.1 Å². The van der Waals surface area contributed by atoms with Crippen LogP contribution in [-0.2, 0) is 0 Å². The fourth-order valence-electron chi connectivity index (χ4n) is 1.61. The molecule has 0 aromatic heterocycles. The molecule has 0 fully saturated rings. The zero-order valence-electron chi connectivity index (χ0n) is 9.29. The third kappa shape index (κ3) is 3.27. The summed E-state index contributed by atoms with van der Waals surface area (Å²) in [5, 5.41) is 9.84. The second kappa shape index (κ2) is 6.33. The first kappa shape index (κ1) is 13.6. The monoisotopic (exact) mass is 289 g/mol. The largest absolute Gasteiger partial charge is 0.391 e. The van der Waals surface area contributed by atoms with Crippen molar-refractivity contribution in [3.63, 3.8) is 0 Å². The molecule has 0 unspecified atom stereocenters. The van der Waals surface area contributed by atoms with Crippen LogP contribution in [0, 0.1) is 5.82 Å². The van der Waals surface area contributed by atoms with Gasteiger partial charge in [-0.05, 0) is 18.6 Å². The van der Waals surface area contributed by atoms with Crippen LogP contribution in [0.4, 0.5) is 4.39 Å².